The van der Waals surface area contributed by atoms with Crippen LogP contribution in [0, 0.1) is 6.92 Å². The van der Waals surface area contributed by atoms with E-state index in [0.29, 0.717) is 6.61 Å². The van der Waals surface area contributed by atoms with E-state index < -0.39 is 0 Å². The van der Waals surface area contributed by atoms with Gasteiger partial charge in [-0.2, -0.15) is 0 Å². The van der Waals surface area contributed by atoms with E-state index in [1.54, 1.807) is 0 Å². The van der Waals surface area contributed by atoms with Crippen molar-refractivity contribution in [2.75, 3.05) is 18.5 Å². The standard InChI is InChI=1S/C20H24N2O2/c1-3-24-18-11-9-16(10-12-18)19-8-5-13-22(19)20(23)21-17-7-4-6-15(2)14-17/h4,6-7,9-12,14,19H,3,5,8,13H2,1-2H3,(H,21,23). The van der Waals surface area contributed by atoms with E-state index >= 15 is 0 Å². The lowest BCUT2D eigenvalue weighted by molar-refractivity contribution is 0.207. The number of aryl methyl sites for hydroxylation is 1. The van der Waals surface area contributed by atoms with Gasteiger partial charge in [-0.15, -0.1) is 0 Å². The first kappa shape index (κ1) is 16.4. The first-order chi connectivity index (χ1) is 11.7. The van der Waals surface area contributed by atoms with E-state index in [1.165, 1.54) is 0 Å². The number of ether oxygens (including phenoxy) is 1. The minimum absolute atomic E-state index is 0.0306. The molecule has 0 aliphatic carbocycles. The average molecular weight is 324 g/mol. The van der Waals surface area contributed by atoms with Gasteiger partial charge in [-0.1, -0.05) is 24.3 Å². The van der Waals surface area contributed by atoms with E-state index in [-0.39, 0.29) is 12.1 Å². The number of carbonyl (C=O) groups excluding carboxylic acids is 1. The molecule has 4 heteroatoms. The van der Waals surface area contributed by atoms with E-state index in [9.17, 15) is 4.79 Å². The lowest BCUT2D eigenvalue weighted by atomic mass is 10.0. The zero-order valence-corrected chi connectivity index (χ0v) is 14.3. The van der Waals surface area contributed by atoms with Crippen LogP contribution in [-0.4, -0.2) is 24.1 Å². The molecule has 1 N–H and O–H groups in total. The fourth-order valence-electron chi connectivity index (χ4n) is 3.23. The molecule has 0 saturated carbocycles. The Morgan fingerprint density at radius 1 is 1.25 bits per heavy atom. The van der Waals surface area contributed by atoms with Crippen molar-refractivity contribution in [3.8, 4) is 5.75 Å². The van der Waals surface area contributed by atoms with Crippen LogP contribution in [0.5, 0.6) is 5.75 Å². The van der Waals surface area contributed by atoms with Crippen LogP contribution in [0.25, 0.3) is 0 Å². The number of nitrogens with zero attached hydrogens (tertiary/aromatic N) is 1. The average Bonchev–Trinajstić information content (AvgIpc) is 3.06. The van der Waals surface area contributed by atoms with Gasteiger partial charge in [0.25, 0.3) is 0 Å². The number of anilines is 1. The van der Waals surface area contributed by atoms with Crippen LogP contribution < -0.4 is 10.1 Å². The highest BCUT2D eigenvalue weighted by Gasteiger charge is 2.30. The van der Waals surface area contributed by atoms with Gasteiger partial charge in [-0.25, -0.2) is 4.79 Å². The maximum absolute atomic E-state index is 12.7. The van der Waals surface area contributed by atoms with Gasteiger partial charge >= 0.3 is 6.03 Å². The lowest BCUT2D eigenvalue weighted by Crippen LogP contribution is -2.34. The molecule has 1 aliphatic heterocycles. The van der Waals surface area contributed by atoms with Crippen LogP contribution in [0.15, 0.2) is 48.5 Å². The molecule has 1 heterocycles. The Kier molecular flexibility index (Phi) is 5.04. The molecular weight excluding hydrogens is 300 g/mol. The van der Waals surface area contributed by atoms with Gasteiger partial charge in [0, 0.05) is 12.2 Å². The zero-order valence-electron chi connectivity index (χ0n) is 14.3. The maximum atomic E-state index is 12.7. The number of amides is 2. The molecule has 0 radical (unpaired) electrons. The summed E-state index contributed by atoms with van der Waals surface area (Å²) in [7, 11) is 0. The van der Waals surface area contributed by atoms with Crippen LogP contribution in [0.1, 0.15) is 36.9 Å². The summed E-state index contributed by atoms with van der Waals surface area (Å²) >= 11 is 0. The summed E-state index contributed by atoms with van der Waals surface area (Å²) in [6.45, 7) is 5.44. The maximum Gasteiger partial charge on any atom is 0.322 e. The summed E-state index contributed by atoms with van der Waals surface area (Å²) in [5.74, 6) is 0.870. The molecule has 1 fully saturated rings. The van der Waals surface area contributed by atoms with Gasteiger partial charge < -0.3 is 15.0 Å². The van der Waals surface area contributed by atoms with Crippen molar-refractivity contribution in [1.29, 1.82) is 0 Å². The molecule has 2 aromatic rings. The van der Waals surface area contributed by atoms with Gasteiger partial charge in [0.05, 0.1) is 12.6 Å². The fraction of sp³-hybridized carbons (Fsp3) is 0.350. The van der Waals surface area contributed by atoms with Crippen LogP contribution in [0.3, 0.4) is 0 Å². The molecule has 24 heavy (non-hydrogen) atoms. The summed E-state index contributed by atoms with van der Waals surface area (Å²) in [5.41, 5.74) is 3.14. The molecule has 2 amide bonds. The topological polar surface area (TPSA) is 41.6 Å². The Bertz CT molecular complexity index is 697. The van der Waals surface area contributed by atoms with E-state index in [0.717, 1.165) is 42.0 Å². The van der Waals surface area contributed by atoms with Crippen molar-refractivity contribution in [3.63, 3.8) is 0 Å². The van der Waals surface area contributed by atoms with Crippen LogP contribution in [0.2, 0.25) is 0 Å². The van der Waals surface area contributed by atoms with Crippen LogP contribution >= 0.6 is 0 Å². The highest BCUT2D eigenvalue weighted by atomic mass is 16.5. The van der Waals surface area contributed by atoms with Gasteiger partial charge in [0.1, 0.15) is 5.75 Å². The SMILES string of the molecule is CCOc1ccc(C2CCCN2C(=O)Nc2cccc(C)c2)cc1. The highest BCUT2D eigenvalue weighted by molar-refractivity contribution is 5.89. The minimum atomic E-state index is -0.0306. The third-order valence-corrected chi connectivity index (χ3v) is 4.36. The van der Waals surface area contributed by atoms with Crippen molar-refractivity contribution in [3.05, 3.63) is 59.7 Å². The molecule has 1 saturated heterocycles. The number of carbonyl (C=O) groups is 1. The smallest absolute Gasteiger partial charge is 0.322 e. The second kappa shape index (κ2) is 7.39. The number of rotatable bonds is 4. The van der Waals surface area contributed by atoms with Crippen molar-refractivity contribution in [1.82, 2.24) is 4.90 Å². The Labute approximate surface area is 143 Å². The molecular formula is C20H24N2O2. The molecule has 1 unspecified atom stereocenters. The third-order valence-electron chi connectivity index (χ3n) is 4.36. The second-order valence-electron chi connectivity index (χ2n) is 6.15. The number of likely N-dealkylation sites (tertiary alicyclic amines) is 1. The van der Waals surface area contributed by atoms with Gasteiger partial charge in [0.15, 0.2) is 0 Å². The number of hydrogen-bond acceptors (Lipinski definition) is 2. The van der Waals surface area contributed by atoms with Gasteiger partial charge in [-0.05, 0) is 62.1 Å². The molecule has 0 spiro atoms. The lowest BCUT2D eigenvalue weighted by Gasteiger charge is -2.25. The summed E-state index contributed by atoms with van der Waals surface area (Å²) in [6.07, 6.45) is 2.02. The monoisotopic (exact) mass is 324 g/mol. The molecule has 3 rings (SSSR count). The third kappa shape index (κ3) is 3.70. The molecule has 1 aliphatic rings. The molecule has 2 aromatic carbocycles. The Morgan fingerprint density at radius 2 is 2.04 bits per heavy atom. The van der Waals surface area contributed by atoms with Crippen LogP contribution in [-0.2, 0) is 0 Å². The van der Waals surface area contributed by atoms with Crippen molar-refractivity contribution >= 4 is 11.7 Å². The van der Waals surface area contributed by atoms with Gasteiger partial charge in [0.2, 0.25) is 0 Å². The zero-order chi connectivity index (χ0) is 16.9. The summed E-state index contributed by atoms with van der Waals surface area (Å²) in [5, 5.41) is 3.02. The summed E-state index contributed by atoms with van der Waals surface area (Å²) in [4.78, 5) is 14.6. The Morgan fingerprint density at radius 3 is 2.75 bits per heavy atom. The predicted molar refractivity (Wildman–Crippen MR) is 96.5 cm³/mol. The summed E-state index contributed by atoms with van der Waals surface area (Å²) in [6, 6.07) is 16.1. The highest BCUT2D eigenvalue weighted by Crippen LogP contribution is 2.33. The molecule has 4 nitrogen and oxygen atoms in total. The first-order valence-electron chi connectivity index (χ1n) is 8.54. The minimum Gasteiger partial charge on any atom is -0.494 e. The van der Waals surface area contributed by atoms with Gasteiger partial charge in [-0.3, -0.25) is 0 Å². The van der Waals surface area contributed by atoms with Crippen molar-refractivity contribution in [2.24, 2.45) is 0 Å². The molecule has 0 aromatic heterocycles. The number of urea groups is 1. The molecule has 126 valence electrons. The fourth-order valence-corrected chi connectivity index (χ4v) is 3.23. The number of nitrogens with one attached hydrogen (secondary N) is 1. The number of hydrogen-bond donors (Lipinski definition) is 1. The van der Waals surface area contributed by atoms with Crippen LogP contribution in [0.4, 0.5) is 10.5 Å². The summed E-state index contributed by atoms with van der Waals surface area (Å²) < 4.78 is 5.50. The van der Waals surface area contributed by atoms with Crippen molar-refractivity contribution in [2.45, 2.75) is 32.7 Å². The number of benzene rings is 2. The van der Waals surface area contributed by atoms with E-state index in [1.807, 2.05) is 55.1 Å². The van der Waals surface area contributed by atoms with E-state index in [4.69, 9.17) is 4.74 Å². The van der Waals surface area contributed by atoms with E-state index in [2.05, 4.69) is 17.4 Å². The molecule has 1 atom stereocenters. The normalized spacial score (nSPS) is 16.9. The largest absolute Gasteiger partial charge is 0.494 e. The molecule has 0 bridgehead atoms. The predicted octanol–water partition coefficient (Wildman–Crippen LogP) is 4.76. The Balaban J connectivity index is 1.71. The van der Waals surface area contributed by atoms with Crippen molar-refractivity contribution < 1.29 is 9.53 Å². The quantitative estimate of drug-likeness (QED) is 0.880. The Hall–Kier alpha value is -2.49. The first-order valence-corrected chi connectivity index (χ1v) is 8.54. The second-order valence-corrected chi connectivity index (χ2v) is 6.15.